The number of thiazole rings is 1. The summed E-state index contributed by atoms with van der Waals surface area (Å²) in [6, 6.07) is 13.0. The molecule has 0 bridgehead atoms. The molecule has 0 amide bonds. The standard InChI is InChI=1S/C28H29BrN2O4S2/c1-15(2)34-22-12-9-20(29)13-19(22)14-23-26(32)31-25(18-7-10-21(36-6)11-8-18)24(27(33)35-16(3)4)17(5)30-28(31)37-23/h7-16,25H,1-6H3/b23-14-/t25-/m0/s1. The van der Waals surface area contributed by atoms with Crippen molar-refractivity contribution in [3.05, 3.63) is 89.0 Å². The summed E-state index contributed by atoms with van der Waals surface area (Å²) in [5.41, 5.74) is 2.30. The predicted octanol–water partition coefficient (Wildman–Crippen LogP) is 5.46. The van der Waals surface area contributed by atoms with Crippen LogP contribution in [0, 0.1) is 0 Å². The van der Waals surface area contributed by atoms with E-state index in [0.717, 1.165) is 20.5 Å². The number of carbonyl (C=O) groups excluding carboxylic acids is 1. The number of benzene rings is 2. The molecule has 1 aliphatic heterocycles. The highest BCUT2D eigenvalue weighted by Gasteiger charge is 2.33. The number of esters is 1. The third kappa shape index (κ3) is 5.94. The molecule has 0 spiro atoms. The molecule has 1 aromatic heterocycles. The zero-order valence-corrected chi connectivity index (χ0v) is 24.8. The maximum Gasteiger partial charge on any atom is 0.338 e. The van der Waals surface area contributed by atoms with E-state index in [1.54, 1.807) is 37.1 Å². The van der Waals surface area contributed by atoms with Gasteiger partial charge in [0.15, 0.2) is 4.80 Å². The fraction of sp³-hybridized carbons (Fsp3) is 0.321. The number of nitrogens with zero attached hydrogens (tertiary/aromatic N) is 2. The van der Waals surface area contributed by atoms with Gasteiger partial charge >= 0.3 is 5.97 Å². The molecule has 2 heterocycles. The maximum absolute atomic E-state index is 13.9. The Bertz CT molecular complexity index is 1540. The van der Waals surface area contributed by atoms with Gasteiger partial charge in [0, 0.05) is 14.9 Å². The SMILES string of the molecule is CSc1ccc([C@H]2C(C(=O)OC(C)C)=C(C)N=c3s/c(=C\c4cc(Br)ccc4OC(C)C)c(=O)n32)cc1. The number of aromatic nitrogens is 1. The first-order chi connectivity index (χ1) is 17.6. The number of carbonyl (C=O) groups is 1. The number of hydrogen-bond donors (Lipinski definition) is 0. The molecule has 1 atom stereocenters. The first kappa shape index (κ1) is 27.4. The van der Waals surface area contributed by atoms with Crippen LogP contribution in [-0.2, 0) is 9.53 Å². The molecule has 0 radical (unpaired) electrons. The number of halogens is 1. The molecule has 194 valence electrons. The Labute approximate surface area is 232 Å². The fourth-order valence-electron chi connectivity index (χ4n) is 4.10. The summed E-state index contributed by atoms with van der Waals surface area (Å²) in [7, 11) is 0. The molecule has 1 aliphatic rings. The average Bonchev–Trinajstić information content (AvgIpc) is 3.13. The first-order valence-electron chi connectivity index (χ1n) is 11.9. The van der Waals surface area contributed by atoms with E-state index >= 15 is 0 Å². The monoisotopic (exact) mass is 600 g/mol. The van der Waals surface area contributed by atoms with Crippen LogP contribution in [0.3, 0.4) is 0 Å². The van der Waals surface area contributed by atoms with Gasteiger partial charge in [0.05, 0.1) is 34.1 Å². The third-order valence-electron chi connectivity index (χ3n) is 5.64. The van der Waals surface area contributed by atoms with E-state index in [4.69, 9.17) is 9.47 Å². The summed E-state index contributed by atoms with van der Waals surface area (Å²) >= 11 is 6.45. The summed E-state index contributed by atoms with van der Waals surface area (Å²) < 4.78 is 14.5. The molecule has 6 nitrogen and oxygen atoms in total. The van der Waals surface area contributed by atoms with Gasteiger partial charge in [-0.25, -0.2) is 9.79 Å². The smallest absolute Gasteiger partial charge is 0.338 e. The van der Waals surface area contributed by atoms with Crippen LogP contribution in [0.15, 0.2) is 72.9 Å². The van der Waals surface area contributed by atoms with Crippen LogP contribution in [0.5, 0.6) is 5.75 Å². The Morgan fingerprint density at radius 2 is 1.84 bits per heavy atom. The van der Waals surface area contributed by atoms with Gasteiger partial charge in [-0.05, 0) is 82.8 Å². The number of rotatable bonds is 7. The van der Waals surface area contributed by atoms with Crippen molar-refractivity contribution < 1.29 is 14.3 Å². The summed E-state index contributed by atoms with van der Waals surface area (Å²) in [6.07, 6.45) is 3.52. The Morgan fingerprint density at radius 3 is 2.46 bits per heavy atom. The highest BCUT2D eigenvalue weighted by Crippen LogP contribution is 2.32. The second kappa shape index (κ2) is 11.4. The molecule has 2 aromatic carbocycles. The Balaban J connectivity index is 1.94. The van der Waals surface area contributed by atoms with Crippen molar-refractivity contribution in [2.75, 3.05) is 6.26 Å². The zero-order valence-electron chi connectivity index (χ0n) is 21.6. The van der Waals surface area contributed by atoms with Gasteiger partial charge in [-0.2, -0.15) is 0 Å². The Morgan fingerprint density at radius 1 is 1.14 bits per heavy atom. The third-order valence-corrected chi connectivity index (χ3v) is 7.86. The number of ether oxygens (including phenoxy) is 2. The van der Waals surface area contributed by atoms with Crippen LogP contribution in [-0.4, -0.2) is 29.0 Å². The van der Waals surface area contributed by atoms with E-state index in [2.05, 4.69) is 20.9 Å². The van der Waals surface area contributed by atoms with Gasteiger partial charge in [0.25, 0.3) is 5.56 Å². The molecule has 9 heteroatoms. The van der Waals surface area contributed by atoms with E-state index in [-0.39, 0.29) is 17.8 Å². The van der Waals surface area contributed by atoms with Crippen molar-refractivity contribution in [1.82, 2.24) is 4.57 Å². The molecule has 0 unspecified atom stereocenters. The summed E-state index contributed by atoms with van der Waals surface area (Å²) in [6.45, 7) is 9.32. The van der Waals surface area contributed by atoms with Gasteiger partial charge < -0.3 is 9.47 Å². The van der Waals surface area contributed by atoms with Crippen LogP contribution < -0.4 is 19.6 Å². The molecule has 3 aromatic rings. The van der Waals surface area contributed by atoms with Gasteiger partial charge in [-0.15, -0.1) is 11.8 Å². The molecule has 0 saturated heterocycles. The van der Waals surface area contributed by atoms with Crippen molar-refractivity contribution in [3.8, 4) is 5.75 Å². The predicted molar refractivity (Wildman–Crippen MR) is 153 cm³/mol. The van der Waals surface area contributed by atoms with Crippen LogP contribution >= 0.6 is 39.0 Å². The van der Waals surface area contributed by atoms with Crippen LogP contribution in [0.2, 0.25) is 0 Å². The Hall–Kier alpha value is -2.62. The second-order valence-corrected chi connectivity index (χ2v) is 12.0. The zero-order chi connectivity index (χ0) is 26.9. The van der Waals surface area contributed by atoms with E-state index in [1.807, 2.05) is 68.6 Å². The molecule has 0 aliphatic carbocycles. The van der Waals surface area contributed by atoms with Crippen molar-refractivity contribution in [2.24, 2.45) is 4.99 Å². The van der Waals surface area contributed by atoms with E-state index in [0.29, 0.717) is 26.4 Å². The number of fused-ring (bicyclic) bond motifs is 1. The van der Waals surface area contributed by atoms with Crippen LogP contribution in [0.1, 0.15) is 51.8 Å². The van der Waals surface area contributed by atoms with Crippen LogP contribution in [0.25, 0.3) is 6.08 Å². The van der Waals surface area contributed by atoms with Crippen molar-refractivity contribution >= 4 is 51.1 Å². The topological polar surface area (TPSA) is 69.9 Å². The lowest BCUT2D eigenvalue weighted by Gasteiger charge is -2.25. The molecule has 0 N–H and O–H groups in total. The highest BCUT2D eigenvalue weighted by molar-refractivity contribution is 9.10. The lowest BCUT2D eigenvalue weighted by molar-refractivity contribution is -0.143. The van der Waals surface area contributed by atoms with Crippen molar-refractivity contribution in [2.45, 2.75) is 57.8 Å². The van der Waals surface area contributed by atoms with Crippen LogP contribution in [0.4, 0.5) is 0 Å². The summed E-state index contributed by atoms with van der Waals surface area (Å²) in [5.74, 6) is 0.217. The van der Waals surface area contributed by atoms with Crippen molar-refractivity contribution in [1.29, 1.82) is 0 Å². The van der Waals surface area contributed by atoms with E-state index in [1.165, 1.54) is 11.3 Å². The lowest BCUT2D eigenvalue weighted by Crippen LogP contribution is -2.40. The number of allylic oxidation sites excluding steroid dienone is 1. The van der Waals surface area contributed by atoms with Gasteiger partial charge in [0.1, 0.15) is 5.75 Å². The summed E-state index contributed by atoms with van der Waals surface area (Å²) in [5, 5.41) is 0. The lowest BCUT2D eigenvalue weighted by atomic mass is 9.96. The van der Waals surface area contributed by atoms with Crippen molar-refractivity contribution in [3.63, 3.8) is 0 Å². The molecular weight excluding hydrogens is 572 g/mol. The molecule has 0 saturated carbocycles. The minimum Gasteiger partial charge on any atom is -0.490 e. The number of hydrogen-bond acceptors (Lipinski definition) is 7. The maximum atomic E-state index is 13.9. The fourth-order valence-corrected chi connectivity index (χ4v) is 5.92. The quantitative estimate of drug-likeness (QED) is 0.266. The van der Waals surface area contributed by atoms with E-state index in [9.17, 15) is 9.59 Å². The molecular formula is C28H29BrN2O4S2. The average molecular weight is 602 g/mol. The van der Waals surface area contributed by atoms with E-state index < -0.39 is 12.0 Å². The normalized spacial score (nSPS) is 15.7. The highest BCUT2D eigenvalue weighted by atomic mass is 79.9. The molecule has 4 rings (SSSR count). The minimum atomic E-state index is -0.644. The second-order valence-electron chi connectivity index (χ2n) is 9.16. The van der Waals surface area contributed by atoms with Gasteiger partial charge in [-0.3, -0.25) is 9.36 Å². The molecule has 37 heavy (non-hydrogen) atoms. The largest absolute Gasteiger partial charge is 0.490 e. The Kier molecular flexibility index (Phi) is 8.46. The molecule has 0 fully saturated rings. The minimum absolute atomic E-state index is 0.0176. The number of thioether (sulfide) groups is 1. The summed E-state index contributed by atoms with van der Waals surface area (Å²) in [4.78, 5) is 33.4. The van der Waals surface area contributed by atoms with Gasteiger partial charge in [0.2, 0.25) is 0 Å². The van der Waals surface area contributed by atoms with Gasteiger partial charge in [-0.1, -0.05) is 39.4 Å². The first-order valence-corrected chi connectivity index (χ1v) is 14.8.